The Bertz CT molecular complexity index is 904. The molecule has 0 saturated carbocycles. The van der Waals surface area contributed by atoms with E-state index in [1.807, 2.05) is 74.5 Å². The Morgan fingerprint density at radius 1 is 0.962 bits per heavy atom. The van der Waals surface area contributed by atoms with Gasteiger partial charge in [0.15, 0.2) is 0 Å². The maximum absolute atomic E-state index is 12.4. The Kier molecular flexibility index (Phi) is 6.02. The minimum absolute atomic E-state index is 0.0890. The van der Waals surface area contributed by atoms with Gasteiger partial charge in [0.1, 0.15) is 0 Å². The number of halogens is 1. The lowest BCUT2D eigenvalue weighted by atomic mass is 10.1. The first-order valence-corrected chi connectivity index (χ1v) is 9.73. The highest BCUT2D eigenvalue weighted by atomic mass is 35.5. The molecule has 1 N–H and O–H groups in total. The van der Waals surface area contributed by atoms with Gasteiger partial charge in [-0.1, -0.05) is 41.4 Å². The summed E-state index contributed by atoms with van der Waals surface area (Å²) in [4.78, 5) is 13.6. The SMILES string of the molecule is Cc1ccc(NC(=O)c2ccc(CSc3ccc(Cl)cc3)cc2)c(C)c1. The monoisotopic (exact) mass is 381 g/mol. The van der Waals surface area contributed by atoms with Crippen LogP contribution in [-0.4, -0.2) is 5.91 Å². The summed E-state index contributed by atoms with van der Waals surface area (Å²) in [7, 11) is 0. The number of carbonyl (C=O) groups excluding carboxylic acids is 1. The number of amides is 1. The van der Waals surface area contributed by atoms with Gasteiger partial charge < -0.3 is 5.32 Å². The van der Waals surface area contributed by atoms with Crippen molar-refractivity contribution in [2.45, 2.75) is 24.5 Å². The molecular weight excluding hydrogens is 362 g/mol. The van der Waals surface area contributed by atoms with Crippen LogP contribution < -0.4 is 5.32 Å². The highest BCUT2D eigenvalue weighted by Gasteiger charge is 2.08. The van der Waals surface area contributed by atoms with Crippen LogP contribution in [0, 0.1) is 13.8 Å². The van der Waals surface area contributed by atoms with Crippen molar-refractivity contribution in [1.29, 1.82) is 0 Å². The fourth-order valence-corrected chi connectivity index (χ4v) is 3.58. The van der Waals surface area contributed by atoms with E-state index in [0.717, 1.165) is 22.0 Å². The molecule has 26 heavy (non-hydrogen) atoms. The van der Waals surface area contributed by atoms with Crippen LogP contribution in [0.1, 0.15) is 27.0 Å². The largest absolute Gasteiger partial charge is 0.322 e. The van der Waals surface area contributed by atoms with Gasteiger partial charge in [0.25, 0.3) is 5.91 Å². The molecule has 0 bridgehead atoms. The normalized spacial score (nSPS) is 10.6. The predicted molar refractivity (Wildman–Crippen MR) is 111 cm³/mol. The summed E-state index contributed by atoms with van der Waals surface area (Å²) in [5.41, 5.74) is 4.93. The molecule has 0 aliphatic carbocycles. The summed E-state index contributed by atoms with van der Waals surface area (Å²) in [6.07, 6.45) is 0. The second-order valence-electron chi connectivity index (χ2n) is 6.21. The molecule has 0 spiro atoms. The highest BCUT2D eigenvalue weighted by molar-refractivity contribution is 7.98. The van der Waals surface area contributed by atoms with E-state index in [-0.39, 0.29) is 5.91 Å². The number of nitrogens with one attached hydrogen (secondary N) is 1. The Morgan fingerprint density at radius 3 is 2.31 bits per heavy atom. The van der Waals surface area contributed by atoms with E-state index >= 15 is 0 Å². The average molecular weight is 382 g/mol. The van der Waals surface area contributed by atoms with Crippen LogP contribution in [0.4, 0.5) is 5.69 Å². The van der Waals surface area contributed by atoms with E-state index < -0.39 is 0 Å². The minimum atomic E-state index is -0.0890. The smallest absolute Gasteiger partial charge is 0.255 e. The number of thioether (sulfide) groups is 1. The number of hydrogen-bond acceptors (Lipinski definition) is 2. The summed E-state index contributed by atoms with van der Waals surface area (Å²) in [5.74, 6) is 0.759. The third-order valence-corrected chi connectivity index (χ3v) is 5.40. The molecule has 3 aromatic rings. The van der Waals surface area contributed by atoms with Gasteiger partial charge in [-0.3, -0.25) is 4.79 Å². The van der Waals surface area contributed by atoms with Crippen molar-refractivity contribution >= 4 is 35.0 Å². The van der Waals surface area contributed by atoms with Crippen molar-refractivity contribution in [3.8, 4) is 0 Å². The lowest BCUT2D eigenvalue weighted by Gasteiger charge is -2.10. The highest BCUT2D eigenvalue weighted by Crippen LogP contribution is 2.24. The number of anilines is 1. The summed E-state index contributed by atoms with van der Waals surface area (Å²) in [6.45, 7) is 4.04. The van der Waals surface area contributed by atoms with E-state index in [2.05, 4.69) is 11.4 Å². The summed E-state index contributed by atoms with van der Waals surface area (Å²) < 4.78 is 0. The van der Waals surface area contributed by atoms with Gasteiger partial charge >= 0.3 is 0 Å². The molecule has 0 atom stereocenters. The lowest BCUT2D eigenvalue weighted by molar-refractivity contribution is 0.102. The van der Waals surface area contributed by atoms with Crippen LogP contribution in [-0.2, 0) is 5.75 Å². The van der Waals surface area contributed by atoms with E-state index in [1.54, 1.807) is 11.8 Å². The quantitative estimate of drug-likeness (QED) is 0.511. The molecule has 0 heterocycles. The van der Waals surface area contributed by atoms with E-state index in [4.69, 9.17) is 11.6 Å². The maximum Gasteiger partial charge on any atom is 0.255 e. The Hall–Kier alpha value is -2.23. The second-order valence-corrected chi connectivity index (χ2v) is 7.70. The van der Waals surface area contributed by atoms with Crippen LogP contribution in [0.25, 0.3) is 0 Å². The minimum Gasteiger partial charge on any atom is -0.322 e. The number of hydrogen-bond donors (Lipinski definition) is 1. The molecule has 0 aromatic heterocycles. The van der Waals surface area contributed by atoms with E-state index in [9.17, 15) is 4.79 Å². The van der Waals surface area contributed by atoms with Gasteiger partial charge in [-0.2, -0.15) is 0 Å². The van der Waals surface area contributed by atoms with Gasteiger partial charge in [0, 0.05) is 26.9 Å². The van der Waals surface area contributed by atoms with Gasteiger partial charge in [-0.15, -0.1) is 11.8 Å². The number of benzene rings is 3. The molecule has 0 aliphatic rings. The number of carbonyl (C=O) groups is 1. The van der Waals surface area contributed by atoms with Gasteiger partial charge in [-0.25, -0.2) is 0 Å². The third kappa shape index (κ3) is 4.90. The Balaban J connectivity index is 1.61. The predicted octanol–water partition coefficient (Wildman–Crippen LogP) is 6.50. The Labute approximate surface area is 163 Å². The fourth-order valence-electron chi connectivity index (χ4n) is 2.60. The van der Waals surface area contributed by atoms with Crippen molar-refractivity contribution < 1.29 is 4.79 Å². The van der Waals surface area contributed by atoms with E-state index in [0.29, 0.717) is 5.56 Å². The summed E-state index contributed by atoms with van der Waals surface area (Å²) in [6, 6.07) is 21.6. The first-order valence-electron chi connectivity index (χ1n) is 8.37. The van der Waals surface area contributed by atoms with Crippen LogP contribution in [0.2, 0.25) is 5.02 Å². The number of rotatable bonds is 5. The molecule has 0 saturated heterocycles. The van der Waals surface area contributed by atoms with Crippen molar-refractivity contribution in [3.05, 3.63) is 94.0 Å². The van der Waals surface area contributed by atoms with Crippen molar-refractivity contribution in [2.75, 3.05) is 5.32 Å². The first kappa shape index (κ1) is 18.6. The maximum atomic E-state index is 12.4. The van der Waals surface area contributed by atoms with Crippen molar-refractivity contribution in [3.63, 3.8) is 0 Å². The molecule has 0 unspecified atom stereocenters. The zero-order chi connectivity index (χ0) is 18.5. The molecule has 2 nitrogen and oxygen atoms in total. The molecule has 0 aliphatic heterocycles. The summed E-state index contributed by atoms with van der Waals surface area (Å²) in [5, 5.41) is 3.72. The molecular formula is C22H20ClNOS. The van der Waals surface area contributed by atoms with Crippen LogP contribution in [0.15, 0.2) is 71.6 Å². The van der Waals surface area contributed by atoms with E-state index in [1.165, 1.54) is 16.0 Å². The molecule has 3 aromatic carbocycles. The topological polar surface area (TPSA) is 29.1 Å². The molecule has 3 rings (SSSR count). The molecule has 0 fully saturated rings. The summed E-state index contributed by atoms with van der Waals surface area (Å²) >= 11 is 7.65. The molecule has 4 heteroatoms. The van der Waals surface area contributed by atoms with Crippen molar-refractivity contribution in [2.24, 2.45) is 0 Å². The molecule has 1 amide bonds. The van der Waals surface area contributed by atoms with Crippen LogP contribution >= 0.6 is 23.4 Å². The molecule has 0 radical (unpaired) electrons. The van der Waals surface area contributed by atoms with Crippen LogP contribution in [0.5, 0.6) is 0 Å². The average Bonchev–Trinajstić information content (AvgIpc) is 2.64. The van der Waals surface area contributed by atoms with Gasteiger partial charge in [0.05, 0.1) is 0 Å². The first-order chi connectivity index (χ1) is 12.5. The standard InChI is InChI=1S/C22H20ClNOS/c1-15-3-12-21(16(2)13-15)24-22(25)18-6-4-17(5-7-18)14-26-20-10-8-19(23)9-11-20/h3-13H,14H2,1-2H3,(H,24,25). The fraction of sp³-hybridized carbons (Fsp3) is 0.136. The van der Waals surface area contributed by atoms with Gasteiger partial charge in [-0.05, 0) is 67.4 Å². The van der Waals surface area contributed by atoms with Gasteiger partial charge in [0.2, 0.25) is 0 Å². The third-order valence-electron chi connectivity index (χ3n) is 4.07. The second kappa shape index (κ2) is 8.43. The lowest BCUT2D eigenvalue weighted by Crippen LogP contribution is -2.12. The zero-order valence-electron chi connectivity index (χ0n) is 14.8. The Morgan fingerprint density at radius 2 is 1.65 bits per heavy atom. The number of aryl methyl sites for hydroxylation is 2. The van der Waals surface area contributed by atoms with Crippen LogP contribution in [0.3, 0.4) is 0 Å². The zero-order valence-corrected chi connectivity index (χ0v) is 16.3. The van der Waals surface area contributed by atoms with Crippen molar-refractivity contribution in [1.82, 2.24) is 0 Å². The molecule has 132 valence electrons.